The van der Waals surface area contributed by atoms with E-state index in [9.17, 15) is 13.9 Å². The molecule has 18 heavy (non-hydrogen) atoms. The second kappa shape index (κ2) is 4.25. The van der Waals surface area contributed by atoms with Gasteiger partial charge >= 0.3 is 0 Å². The molecular formula is C12H9BrO3S2. The van der Waals surface area contributed by atoms with Crippen LogP contribution >= 0.6 is 38.3 Å². The number of allylic oxidation sites excluding steroid dienone is 3. The van der Waals surface area contributed by atoms with Crippen LogP contribution in [0, 0.1) is 0 Å². The van der Waals surface area contributed by atoms with Crippen LogP contribution in [0.3, 0.4) is 0 Å². The van der Waals surface area contributed by atoms with Crippen LogP contribution in [0.5, 0.6) is 0 Å². The molecule has 0 amide bonds. The van der Waals surface area contributed by atoms with Crippen molar-refractivity contribution in [3.05, 3.63) is 45.8 Å². The van der Waals surface area contributed by atoms with Gasteiger partial charge in [-0.25, -0.2) is 0 Å². The number of fused-ring (bicyclic) bond motifs is 2. The van der Waals surface area contributed by atoms with Gasteiger partial charge < -0.3 is 0 Å². The molecule has 1 aliphatic carbocycles. The Bertz CT molecular complexity index is 607. The number of ketones is 1. The third-order valence-electron chi connectivity index (χ3n) is 2.82. The van der Waals surface area contributed by atoms with Crippen LogP contribution in [0.2, 0.25) is 0 Å². The molecule has 3 rings (SSSR count). The van der Waals surface area contributed by atoms with E-state index in [1.54, 1.807) is 24.3 Å². The highest BCUT2D eigenvalue weighted by molar-refractivity contribution is 9.10. The zero-order valence-corrected chi connectivity index (χ0v) is 12.3. The Labute approximate surface area is 118 Å². The lowest BCUT2D eigenvalue weighted by Crippen LogP contribution is -2.31. The number of thioether (sulfide) groups is 1. The Kier molecular flexibility index (Phi) is 2.95. The normalized spacial score (nSPS) is 26.1. The summed E-state index contributed by atoms with van der Waals surface area (Å²) in [4.78, 5) is 13.8. The van der Waals surface area contributed by atoms with Gasteiger partial charge in [0.2, 0.25) is 0 Å². The van der Waals surface area contributed by atoms with Gasteiger partial charge in [0.25, 0.3) is 0 Å². The fourth-order valence-corrected chi connectivity index (χ4v) is 6.24. The predicted molar refractivity (Wildman–Crippen MR) is 77.1 cm³/mol. The first-order chi connectivity index (χ1) is 8.50. The maximum Gasteiger partial charge on any atom is 0.183 e. The van der Waals surface area contributed by atoms with Gasteiger partial charge in [0, 0.05) is 14.3 Å². The molecule has 94 valence electrons. The zero-order valence-electron chi connectivity index (χ0n) is 9.04. The molecule has 1 aliphatic heterocycles. The van der Waals surface area contributed by atoms with E-state index in [1.807, 2.05) is 6.07 Å². The highest BCUT2D eigenvalue weighted by atomic mass is 79.9. The summed E-state index contributed by atoms with van der Waals surface area (Å²) in [6.07, 6.45) is 4.82. The summed E-state index contributed by atoms with van der Waals surface area (Å²) >= 11 is 4.78. The summed E-state index contributed by atoms with van der Waals surface area (Å²) < 4.78 is 21.7. The van der Waals surface area contributed by atoms with Crippen molar-refractivity contribution in [2.75, 3.05) is 0 Å². The van der Waals surface area contributed by atoms with Crippen LogP contribution < -0.4 is 0 Å². The molecule has 0 aromatic heterocycles. The molecule has 0 bridgehead atoms. The number of benzene rings is 1. The molecule has 6 heteroatoms. The van der Waals surface area contributed by atoms with Crippen molar-refractivity contribution in [2.45, 2.75) is 15.0 Å². The standard InChI is InChI=1S/C12H9BrO3S2/c13-7-4-5-11-10(6-7)17-9-3-1-2-8(14)12(9)18(11,15)16/h1-6,12,15-16H. The van der Waals surface area contributed by atoms with Gasteiger partial charge in [-0.3, -0.25) is 13.9 Å². The van der Waals surface area contributed by atoms with Crippen molar-refractivity contribution < 1.29 is 13.9 Å². The van der Waals surface area contributed by atoms with Gasteiger partial charge in [0.15, 0.2) is 5.78 Å². The van der Waals surface area contributed by atoms with Gasteiger partial charge in [0.05, 0.1) is 4.90 Å². The molecule has 0 spiro atoms. The van der Waals surface area contributed by atoms with Gasteiger partial charge in [-0.2, -0.15) is 10.6 Å². The molecule has 1 aromatic rings. The van der Waals surface area contributed by atoms with E-state index in [4.69, 9.17) is 0 Å². The lowest BCUT2D eigenvalue weighted by Gasteiger charge is -2.44. The highest BCUT2D eigenvalue weighted by Crippen LogP contribution is 2.64. The highest BCUT2D eigenvalue weighted by Gasteiger charge is 2.42. The Morgan fingerprint density at radius 3 is 2.89 bits per heavy atom. The first-order valence-electron chi connectivity index (χ1n) is 5.17. The Morgan fingerprint density at radius 2 is 2.11 bits per heavy atom. The summed E-state index contributed by atoms with van der Waals surface area (Å²) in [6, 6.07) is 5.27. The molecule has 1 atom stereocenters. The average molecular weight is 345 g/mol. The minimum absolute atomic E-state index is 0.242. The molecule has 0 saturated carbocycles. The van der Waals surface area contributed by atoms with Crippen molar-refractivity contribution in [1.29, 1.82) is 0 Å². The van der Waals surface area contributed by atoms with Crippen molar-refractivity contribution in [3.8, 4) is 0 Å². The fraction of sp³-hybridized carbons (Fsp3) is 0.0833. The third-order valence-corrected chi connectivity index (χ3v) is 6.91. The first-order valence-corrected chi connectivity index (χ1v) is 8.39. The molecule has 3 nitrogen and oxygen atoms in total. The SMILES string of the molecule is O=C1C=CC=C2Sc3cc(Br)ccc3S(O)(O)C12. The number of hydrogen-bond acceptors (Lipinski definition) is 4. The second-order valence-corrected chi connectivity index (χ2v) is 8.12. The number of halogens is 1. The van der Waals surface area contributed by atoms with Crippen LogP contribution in [-0.2, 0) is 4.79 Å². The molecule has 0 radical (unpaired) electrons. The van der Waals surface area contributed by atoms with Gasteiger partial charge in [0.1, 0.15) is 5.25 Å². The summed E-state index contributed by atoms with van der Waals surface area (Å²) in [6.45, 7) is 0. The topological polar surface area (TPSA) is 57.5 Å². The summed E-state index contributed by atoms with van der Waals surface area (Å²) in [7, 11) is -3.12. The Balaban J connectivity index is 2.21. The third kappa shape index (κ3) is 1.80. The minimum Gasteiger partial charge on any atom is -0.294 e. The van der Waals surface area contributed by atoms with E-state index in [0.29, 0.717) is 9.80 Å². The molecular weight excluding hydrogens is 336 g/mol. The van der Waals surface area contributed by atoms with Crippen LogP contribution in [0.15, 0.2) is 55.6 Å². The van der Waals surface area contributed by atoms with Crippen molar-refractivity contribution in [1.82, 2.24) is 0 Å². The first kappa shape index (κ1) is 12.5. The second-order valence-electron chi connectivity index (χ2n) is 4.00. The van der Waals surface area contributed by atoms with E-state index in [2.05, 4.69) is 15.9 Å². The maximum absolute atomic E-state index is 11.9. The van der Waals surface area contributed by atoms with Crippen molar-refractivity contribution >= 4 is 44.1 Å². The van der Waals surface area contributed by atoms with E-state index >= 15 is 0 Å². The smallest absolute Gasteiger partial charge is 0.183 e. The van der Waals surface area contributed by atoms with E-state index in [0.717, 1.165) is 9.37 Å². The van der Waals surface area contributed by atoms with Gasteiger partial charge in [-0.05, 0) is 30.4 Å². The number of carbonyl (C=O) groups excluding carboxylic acids is 1. The van der Waals surface area contributed by atoms with Crippen LogP contribution in [0.4, 0.5) is 0 Å². The van der Waals surface area contributed by atoms with E-state index in [-0.39, 0.29) is 5.78 Å². The molecule has 0 fully saturated rings. The van der Waals surface area contributed by atoms with E-state index < -0.39 is 15.8 Å². The lowest BCUT2D eigenvalue weighted by atomic mass is 10.1. The molecule has 1 unspecified atom stereocenters. The fourth-order valence-electron chi connectivity index (χ4n) is 2.03. The van der Waals surface area contributed by atoms with Crippen molar-refractivity contribution in [2.24, 2.45) is 0 Å². The van der Waals surface area contributed by atoms with Crippen LogP contribution in [0.1, 0.15) is 0 Å². The van der Waals surface area contributed by atoms with Gasteiger partial charge in [-0.15, -0.1) is 0 Å². The Hall–Kier alpha value is -0.530. The largest absolute Gasteiger partial charge is 0.294 e. The maximum atomic E-state index is 11.9. The number of carbonyl (C=O) groups is 1. The zero-order chi connectivity index (χ0) is 12.9. The monoisotopic (exact) mass is 344 g/mol. The average Bonchev–Trinajstić information content (AvgIpc) is 2.27. The molecule has 1 heterocycles. The predicted octanol–water partition coefficient (Wildman–Crippen LogP) is 4.06. The summed E-state index contributed by atoms with van der Waals surface area (Å²) in [5.41, 5.74) is 0. The number of hydrogen-bond donors (Lipinski definition) is 2. The van der Waals surface area contributed by atoms with Crippen LogP contribution in [0.25, 0.3) is 0 Å². The molecule has 2 N–H and O–H groups in total. The van der Waals surface area contributed by atoms with Crippen LogP contribution in [-0.4, -0.2) is 20.1 Å². The molecule has 0 saturated heterocycles. The minimum atomic E-state index is -3.12. The summed E-state index contributed by atoms with van der Waals surface area (Å²) in [5.74, 6) is -0.242. The lowest BCUT2D eigenvalue weighted by molar-refractivity contribution is -0.113. The Morgan fingerprint density at radius 1 is 1.33 bits per heavy atom. The van der Waals surface area contributed by atoms with E-state index in [1.165, 1.54) is 17.8 Å². The summed E-state index contributed by atoms with van der Waals surface area (Å²) in [5, 5.41) is -0.832. The number of rotatable bonds is 0. The molecule has 2 aliphatic rings. The molecule has 1 aromatic carbocycles. The van der Waals surface area contributed by atoms with Gasteiger partial charge in [-0.1, -0.05) is 33.8 Å². The quantitative estimate of drug-likeness (QED) is 0.745. The van der Waals surface area contributed by atoms with Crippen molar-refractivity contribution in [3.63, 3.8) is 0 Å².